The number of H-pyrrole nitrogens is 2. The van der Waals surface area contributed by atoms with Crippen LogP contribution in [0.15, 0.2) is 91.5 Å². The molecule has 0 fully saturated rings. The first-order valence-electron chi connectivity index (χ1n) is 19.4. The maximum atomic E-state index is 13.9. The molecular weight excluding hydrogens is 737 g/mol. The first-order chi connectivity index (χ1) is 28.2. The van der Waals surface area contributed by atoms with Crippen molar-refractivity contribution in [3.8, 4) is 28.1 Å². The van der Waals surface area contributed by atoms with Gasteiger partial charge < -0.3 is 44.6 Å². The minimum atomic E-state index is -0.910. The highest BCUT2D eigenvalue weighted by Crippen LogP contribution is 2.44. The third-order valence-electron chi connectivity index (χ3n) is 10.2. The molecule has 300 valence electrons. The second-order valence-electron chi connectivity index (χ2n) is 14.1. The fraction of sp³-hybridized carbons (Fsp3) is 0.295. The van der Waals surface area contributed by atoms with E-state index in [1.807, 2.05) is 38.1 Å². The average Bonchev–Trinajstić information content (AvgIpc) is 3.91. The lowest BCUT2D eigenvalue weighted by Gasteiger charge is -2.27. The first-order valence-corrected chi connectivity index (χ1v) is 19.4. The van der Waals surface area contributed by atoms with E-state index in [1.165, 1.54) is 14.2 Å². The number of hydrogen-bond acceptors (Lipinski definition) is 9. The normalized spacial score (nSPS) is 12.2. The smallest absolute Gasteiger partial charge is 0.407 e. The van der Waals surface area contributed by atoms with Crippen molar-refractivity contribution >= 4 is 39.7 Å². The van der Waals surface area contributed by atoms with E-state index in [1.54, 1.807) is 28.1 Å². The number of nitrogens with zero attached hydrogens (tertiary/aromatic N) is 4. The lowest BCUT2D eigenvalue weighted by molar-refractivity contribution is -0.134. The van der Waals surface area contributed by atoms with Crippen LogP contribution >= 0.6 is 0 Å². The summed E-state index contributed by atoms with van der Waals surface area (Å²) in [6, 6.07) is 22.7. The van der Waals surface area contributed by atoms with Gasteiger partial charge in [0.15, 0.2) is 5.88 Å². The fourth-order valence-corrected chi connectivity index (χ4v) is 7.34. The largest absolute Gasteiger partial charge is 0.488 e. The Kier molecular flexibility index (Phi) is 11.9. The van der Waals surface area contributed by atoms with Crippen molar-refractivity contribution in [2.45, 2.75) is 52.4 Å². The van der Waals surface area contributed by atoms with Crippen molar-refractivity contribution in [3.05, 3.63) is 114 Å². The Morgan fingerprint density at radius 1 is 0.879 bits per heavy atom. The average molecular weight is 785 g/mol. The van der Waals surface area contributed by atoms with Gasteiger partial charge in [0, 0.05) is 29.4 Å². The number of alkyl carbamates (subject to hydrolysis) is 1. The number of methoxy groups -OCH3 is 2. The molecule has 0 saturated heterocycles. The number of carbonyl (C=O) groups excluding carboxylic acids is 3. The number of carbonyl (C=O) groups is 3. The monoisotopic (exact) mass is 784 g/mol. The van der Waals surface area contributed by atoms with Crippen LogP contribution in [0, 0.1) is 0 Å². The lowest BCUT2D eigenvalue weighted by Crippen LogP contribution is -2.43. The Bertz CT molecular complexity index is 2460. The van der Waals surface area contributed by atoms with Gasteiger partial charge in [0.05, 0.1) is 56.8 Å². The van der Waals surface area contributed by atoms with Gasteiger partial charge >= 0.3 is 6.09 Å². The zero-order valence-electron chi connectivity index (χ0n) is 33.2. The van der Waals surface area contributed by atoms with Crippen LogP contribution < -0.4 is 15.4 Å². The van der Waals surface area contributed by atoms with Gasteiger partial charge in [0.1, 0.15) is 30.0 Å². The molecule has 4 N–H and O–H groups in total. The summed E-state index contributed by atoms with van der Waals surface area (Å²) < 4.78 is 16.3. The number of hydrogen-bond donors (Lipinski definition) is 4. The number of fused-ring (bicyclic) bond motifs is 7. The number of aromatic amines is 2. The summed E-state index contributed by atoms with van der Waals surface area (Å²) in [4.78, 5) is 59.0. The number of benzene rings is 4. The zero-order valence-corrected chi connectivity index (χ0v) is 33.2. The molecule has 7 rings (SSSR count). The van der Waals surface area contributed by atoms with E-state index in [0.717, 1.165) is 68.3 Å². The van der Waals surface area contributed by atoms with Gasteiger partial charge in [-0.2, -0.15) is 0 Å². The highest BCUT2D eigenvalue weighted by atomic mass is 16.5. The van der Waals surface area contributed by atoms with E-state index in [0.29, 0.717) is 49.3 Å². The molecule has 58 heavy (non-hydrogen) atoms. The van der Waals surface area contributed by atoms with Crippen molar-refractivity contribution in [2.75, 3.05) is 33.9 Å². The molecule has 0 spiro atoms. The molecule has 1 aliphatic heterocycles. The Morgan fingerprint density at radius 2 is 1.62 bits per heavy atom. The Morgan fingerprint density at radius 3 is 2.38 bits per heavy atom. The summed E-state index contributed by atoms with van der Waals surface area (Å²) in [7, 11) is 2.78. The van der Waals surface area contributed by atoms with Crippen LogP contribution in [-0.4, -0.2) is 81.5 Å². The molecule has 14 nitrogen and oxygen atoms in total. The number of amides is 3. The number of rotatable bonds is 16. The minimum absolute atomic E-state index is 0.0724. The molecular formula is C44H48N8O6. The molecule has 3 heterocycles. The Balaban J connectivity index is 1.09. The highest BCUT2D eigenvalue weighted by Gasteiger charge is 2.29. The molecule has 2 aromatic heterocycles. The van der Waals surface area contributed by atoms with E-state index >= 15 is 0 Å². The summed E-state index contributed by atoms with van der Waals surface area (Å²) >= 11 is 0. The molecule has 0 bridgehead atoms. The molecule has 0 aliphatic carbocycles. The van der Waals surface area contributed by atoms with Crippen molar-refractivity contribution in [2.24, 2.45) is 0 Å². The predicted molar refractivity (Wildman–Crippen MR) is 221 cm³/mol. The van der Waals surface area contributed by atoms with Crippen LogP contribution in [0.4, 0.5) is 4.79 Å². The Hall–Kier alpha value is -6.83. The topological polar surface area (TPSA) is 167 Å². The SMILES string of the molecule is C=C(NCC(=O)N(CCC)Cc1nc2c(ccc3c4c(ccc32)-c2ccc(-c3cnc(CN(CCC)C(=O)[C@H](NC(=O)OC)c5ccccc5)[nH]3)cc2CO4)[nH]1)OC. The molecule has 6 aromatic rings. The van der Waals surface area contributed by atoms with Crippen molar-refractivity contribution < 1.29 is 28.6 Å². The quantitative estimate of drug-likeness (QED) is 0.0760. The van der Waals surface area contributed by atoms with Gasteiger partial charge in [-0.05, 0) is 65.9 Å². The number of aromatic nitrogens is 4. The number of imidazole rings is 2. The highest BCUT2D eigenvalue weighted by molar-refractivity contribution is 6.09. The standard InChI is InChI=1S/C44H48N8O6/c1-6-19-51(39(53)23-45-27(3)56-4)25-38-47-35-18-17-34-32(41(35)49-38)15-16-33-31-14-13-29(21-30(31)26-58-42(33)34)36-22-46-37(48-36)24-52(20-7-2)43(54)40(50-44(55)57-5)28-11-9-8-10-12-28/h8-18,21-22,40,45H,3,6-7,19-20,23-26H2,1-2,4-5H3,(H,46,48)(H,47,49)(H,50,55)/t40-/m1/s1. The van der Waals surface area contributed by atoms with Crippen LogP contribution in [0.2, 0.25) is 0 Å². The minimum Gasteiger partial charge on any atom is -0.488 e. The third-order valence-corrected chi connectivity index (χ3v) is 10.2. The van der Waals surface area contributed by atoms with Gasteiger partial charge in [-0.15, -0.1) is 0 Å². The summed E-state index contributed by atoms with van der Waals surface area (Å²) in [5.41, 5.74) is 7.22. The van der Waals surface area contributed by atoms with Crippen LogP contribution in [0.5, 0.6) is 5.75 Å². The summed E-state index contributed by atoms with van der Waals surface area (Å²) in [6.45, 7) is 9.87. The van der Waals surface area contributed by atoms with E-state index in [-0.39, 0.29) is 24.9 Å². The van der Waals surface area contributed by atoms with Crippen LogP contribution in [0.25, 0.3) is 44.2 Å². The maximum Gasteiger partial charge on any atom is 0.407 e. The molecule has 1 atom stereocenters. The second-order valence-corrected chi connectivity index (χ2v) is 14.1. The van der Waals surface area contributed by atoms with Gasteiger partial charge in [-0.1, -0.05) is 62.4 Å². The van der Waals surface area contributed by atoms with Gasteiger partial charge in [-0.3, -0.25) is 9.59 Å². The lowest BCUT2D eigenvalue weighted by atomic mass is 9.92. The van der Waals surface area contributed by atoms with E-state index in [2.05, 4.69) is 68.6 Å². The van der Waals surface area contributed by atoms with E-state index in [9.17, 15) is 14.4 Å². The van der Waals surface area contributed by atoms with Crippen molar-refractivity contribution in [3.63, 3.8) is 0 Å². The molecule has 0 unspecified atom stereocenters. The van der Waals surface area contributed by atoms with Crippen LogP contribution in [-0.2, 0) is 38.8 Å². The van der Waals surface area contributed by atoms with Crippen LogP contribution in [0.3, 0.4) is 0 Å². The second kappa shape index (κ2) is 17.5. The van der Waals surface area contributed by atoms with Gasteiger partial charge in [-0.25, -0.2) is 14.8 Å². The third kappa shape index (κ3) is 8.31. The molecule has 0 saturated carbocycles. The molecule has 4 aromatic carbocycles. The van der Waals surface area contributed by atoms with Crippen molar-refractivity contribution in [1.82, 2.24) is 40.4 Å². The maximum absolute atomic E-state index is 13.9. The van der Waals surface area contributed by atoms with Crippen molar-refractivity contribution in [1.29, 1.82) is 0 Å². The summed E-state index contributed by atoms with van der Waals surface area (Å²) in [5.74, 6) is 2.13. The first kappa shape index (κ1) is 39.4. The molecule has 3 amide bonds. The fourth-order valence-electron chi connectivity index (χ4n) is 7.34. The molecule has 0 radical (unpaired) electrons. The zero-order chi connectivity index (χ0) is 40.8. The Labute approximate surface area is 336 Å². The van der Waals surface area contributed by atoms with Gasteiger partial charge in [0.2, 0.25) is 11.8 Å². The summed E-state index contributed by atoms with van der Waals surface area (Å²) in [5, 5.41) is 7.52. The van der Waals surface area contributed by atoms with E-state index < -0.39 is 12.1 Å². The molecule has 1 aliphatic rings. The summed E-state index contributed by atoms with van der Waals surface area (Å²) in [6.07, 6.45) is 2.62. The predicted octanol–water partition coefficient (Wildman–Crippen LogP) is 6.95. The number of ether oxygens (including phenoxy) is 3. The van der Waals surface area contributed by atoms with Gasteiger partial charge in [0.25, 0.3) is 0 Å². The van der Waals surface area contributed by atoms with E-state index in [4.69, 9.17) is 19.2 Å². The van der Waals surface area contributed by atoms with Crippen LogP contribution in [0.1, 0.15) is 55.5 Å². The number of nitrogens with one attached hydrogen (secondary N) is 4. The molecule has 14 heteroatoms.